The molecule has 0 saturated heterocycles. The largest absolute Gasteiger partial charge is 0.348 e. The van der Waals surface area contributed by atoms with Gasteiger partial charge in [0.1, 0.15) is 6.04 Å². The average Bonchev–Trinajstić information content (AvgIpc) is 2.59. The Hall–Kier alpha value is -2.14. The van der Waals surface area contributed by atoms with E-state index in [1.807, 2.05) is 64.1 Å². The van der Waals surface area contributed by atoms with Crippen LogP contribution in [0.25, 0.3) is 0 Å². The van der Waals surface area contributed by atoms with Crippen molar-refractivity contribution in [2.24, 2.45) is 5.92 Å². The molecule has 0 fully saturated rings. The molecule has 2 unspecified atom stereocenters. The average molecular weight is 417 g/mol. The highest BCUT2D eigenvalue weighted by atomic mass is 79.9. The molecule has 2 rings (SSSR count). The number of benzene rings is 2. The first-order valence-electron chi connectivity index (χ1n) is 8.72. The second kappa shape index (κ2) is 8.99. The molecule has 0 radical (unpaired) electrons. The highest BCUT2D eigenvalue weighted by Crippen LogP contribution is 2.23. The third kappa shape index (κ3) is 5.18. The first-order valence-corrected chi connectivity index (χ1v) is 9.51. The second-order valence-electron chi connectivity index (χ2n) is 6.81. The molecule has 2 N–H and O–H groups in total. The molecule has 5 heteroatoms. The molecule has 0 saturated carbocycles. The van der Waals surface area contributed by atoms with E-state index in [0.717, 1.165) is 15.6 Å². The van der Waals surface area contributed by atoms with Crippen LogP contribution in [0.4, 0.5) is 0 Å². The summed E-state index contributed by atoms with van der Waals surface area (Å²) in [7, 11) is 0. The molecule has 2 atom stereocenters. The lowest BCUT2D eigenvalue weighted by Gasteiger charge is -2.24. The van der Waals surface area contributed by atoms with E-state index in [-0.39, 0.29) is 23.8 Å². The van der Waals surface area contributed by atoms with Crippen LogP contribution in [0.5, 0.6) is 0 Å². The van der Waals surface area contributed by atoms with Crippen LogP contribution in [0.1, 0.15) is 48.3 Å². The predicted octanol–water partition coefficient (Wildman–Crippen LogP) is 4.39. The summed E-state index contributed by atoms with van der Waals surface area (Å²) in [5, 5.41) is 5.86. The molecule has 4 nitrogen and oxygen atoms in total. The Bertz CT molecular complexity index is 772. The molecule has 0 aliphatic carbocycles. The fourth-order valence-corrected chi connectivity index (χ4v) is 3.30. The maximum Gasteiger partial charge on any atom is 0.251 e. The lowest BCUT2D eigenvalue weighted by molar-refractivity contribution is -0.124. The van der Waals surface area contributed by atoms with Gasteiger partial charge >= 0.3 is 0 Å². The van der Waals surface area contributed by atoms with E-state index in [0.29, 0.717) is 5.56 Å². The van der Waals surface area contributed by atoms with Crippen molar-refractivity contribution in [2.45, 2.75) is 39.8 Å². The van der Waals surface area contributed by atoms with E-state index in [2.05, 4.69) is 26.6 Å². The van der Waals surface area contributed by atoms with Gasteiger partial charge in [0, 0.05) is 10.0 Å². The number of rotatable bonds is 6. The molecule has 2 amide bonds. The number of halogens is 1. The number of hydrogen-bond donors (Lipinski definition) is 2. The highest BCUT2D eigenvalue weighted by Gasteiger charge is 2.26. The number of amides is 2. The normalized spacial score (nSPS) is 13.2. The Balaban J connectivity index is 2.08. The van der Waals surface area contributed by atoms with Gasteiger partial charge in [-0.1, -0.05) is 65.7 Å². The smallest absolute Gasteiger partial charge is 0.251 e. The van der Waals surface area contributed by atoms with Crippen LogP contribution in [-0.2, 0) is 4.79 Å². The maximum absolute atomic E-state index is 12.8. The monoisotopic (exact) mass is 416 g/mol. The third-order valence-corrected chi connectivity index (χ3v) is 5.00. The molecule has 138 valence electrons. The van der Waals surface area contributed by atoms with Crippen molar-refractivity contribution in [2.75, 3.05) is 0 Å². The first-order chi connectivity index (χ1) is 12.3. The Kier molecular flexibility index (Phi) is 6.98. The van der Waals surface area contributed by atoms with Gasteiger partial charge < -0.3 is 10.6 Å². The van der Waals surface area contributed by atoms with Gasteiger partial charge in [0.15, 0.2) is 0 Å². The molecule has 2 aromatic rings. The Morgan fingerprint density at radius 2 is 1.54 bits per heavy atom. The standard InChI is InChI=1S/C21H25BrN2O2/c1-13(2)19(24-20(25)16-11-9-14(3)10-12-16)21(26)23-15(4)17-7-5-6-8-18(17)22/h5-13,15,19H,1-4H3,(H,23,26)(H,24,25). The molecule has 0 heterocycles. The summed E-state index contributed by atoms with van der Waals surface area (Å²) in [6.07, 6.45) is 0. The quantitative estimate of drug-likeness (QED) is 0.733. The predicted molar refractivity (Wildman–Crippen MR) is 108 cm³/mol. The van der Waals surface area contributed by atoms with Crippen LogP contribution in [0.2, 0.25) is 0 Å². The maximum atomic E-state index is 12.8. The van der Waals surface area contributed by atoms with Crippen molar-refractivity contribution in [3.8, 4) is 0 Å². The lowest BCUT2D eigenvalue weighted by Crippen LogP contribution is -2.50. The molecule has 0 aromatic heterocycles. The summed E-state index contributed by atoms with van der Waals surface area (Å²) in [5.41, 5.74) is 2.63. The fourth-order valence-electron chi connectivity index (χ4n) is 2.67. The zero-order valence-corrected chi connectivity index (χ0v) is 17.1. The van der Waals surface area contributed by atoms with Crippen LogP contribution in [-0.4, -0.2) is 17.9 Å². The van der Waals surface area contributed by atoms with Crippen molar-refractivity contribution < 1.29 is 9.59 Å². The third-order valence-electron chi connectivity index (χ3n) is 4.28. The molecule has 0 spiro atoms. The van der Waals surface area contributed by atoms with E-state index in [9.17, 15) is 9.59 Å². The molecular formula is C21H25BrN2O2. The van der Waals surface area contributed by atoms with Gasteiger partial charge in [0.25, 0.3) is 5.91 Å². The number of carbonyl (C=O) groups excluding carboxylic acids is 2. The second-order valence-corrected chi connectivity index (χ2v) is 7.67. The van der Waals surface area contributed by atoms with Crippen molar-refractivity contribution in [1.82, 2.24) is 10.6 Å². The SMILES string of the molecule is Cc1ccc(C(=O)NC(C(=O)NC(C)c2ccccc2Br)C(C)C)cc1. The van der Waals surface area contributed by atoms with E-state index in [4.69, 9.17) is 0 Å². The van der Waals surface area contributed by atoms with Gasteiger partial charge in [0.05, 0.1) is 6.04 Å². The van der Waals surface area contributed by atoms with Gasteiger partial charge in [0.2, 0.25) is 5.91 Å². The molecule has 2 aromatic carbocycles. The molecule has 26 heavy (non-hydrogen) atoms. The Morgan fingerprint density at radius 3 is 2.12 bits per heavy atom. The highest BCUT2D eigenvalue weighted by molar-refractivity contribution is 9.10. The zero-order valence-electron chi connectivity index (χ0n) is 15.5. The van der Waals surface area contributed by atoms with Gasteiger partial charge in [-0.3, -0.25) is 9.59 Å². The Morgan fingerprint density at radius 1 is 0.923 bits per heavy atom. The summed E-state index contributed by atoms with van der Waals surface area (Å²) < 4.78 is 0.942. The first kappa shape index (κ1) is 20.2. The van der Waals surface area contributed by atoms with Crippen LogP contribution in [0.3, 0.4) is 0 Å². The minimum atomic E-state index is -0.603. The van der Waals surface area contributed by atoms with E-state index in [1.54, 1.807) is 12.1 Å². The van der Waals surface area contributed by atoms with Crippen molar-refractivity contribution in [3.05, 3.63) is 69.7 Å². The fraction of sp³-hybridized carbons (Fsp3) is 0.333. The van der Waals surface area contributed by atoms with Crippen LogP contribution >= 0.6 is 15.9 Å². The lowest BCUT2D eigenvalue weighted by atomic mass is 10.0. The summed E-state index contributed by atoms with van der Waals surface area (Å²) >= 11 is 3.51. The van der Waals surface area contributed by atoms with E-state index in [1.165, 1.54) is 0 Å². The zero-order chi connectivity index (χ0) is 19.3. The van der Waals surface area contributed by atoms with Gasteiger partial charge in [-0.25, -0.2) is 0 Å². The minimum absolute atomic E-state index is 0.0317. The van der Waals surface area contributed by atoms with Gasteiger partial charge in [-0.05, 0) is 43.5 Å². The van der Waals surface area contributed by atoms with Crippen molar-refractivity contribution in [1.29, 1.82) is 0 Å². The summed E-state index contributed by atoms with van der Waals surface area (Å²) in [6, 6.07) is 14.3. The van der Waals surface area contributed by atoms with Crippen LogP contribution < -0.4 is 10.6 Å². The molecule has 0 aliphatic heterocycles. The summed E-state index contributed by atoms with van der Waals surface area (Å²) in [6.45, 7) is 7.73. The molecule has 0 bridgehead atoms. The number of aryl methyl sites for hydroxylation is 1. The minimum Gasteiger partial charge on any atom is -0.348 e. The number of hydrogen-bond acceptors (Lipinski definition) is 2. The summed E-state index contributed by atoms with van der Waals surface area (Å²) in [4.78, 5) is 25.2. The molecule has 0 aliphatic rings. The van der Waals surface area contributed by atoms with Crippen molar-refractivity contribution in [3.63, 3.8) is 0 Å². The van der Waals surface area contributed by atoms with Gasteiger partial charge in [-0.2, -0.15) is 0 Å². The van der Waals surface area contributed by atoms with Crippen LogP contribution in [0, 0.1) is 12.8 Å². The number of carbonyl (C=O) groups is 2. The van der Waals surface area contributed by atoms with Gasteiger partial charge in [-0.15, -0.1) is 0 Å². The van der Waals surface area contributed by atoms with Crippen LogP contribution in [0.15, 0.2) is 53.0 Å². The topological polar surface area (TPSA) is 58.2 Å². The summed E-state index contributed by atoms with van der Waals surface area (Å²) in [5.74, 6) is -0.466. The Labute approximate surface area is 163 Å². The number of nitrogens with one attached hydrogen (secondary N) is 2. The molecular weight excluding hydrogens is 392 g/mol. The van der Waals surface area contributed by atoms with Crippen molar-refractivity contribution >= 4 is 27.7 Å². The van der Waals surface area contributed by atoms with E-state index < -0.39 is 6.04 Å². The van der Waals surface area contributed by atoms with E-state index >= 15 is 0 Å².